The summed E-state index contributed by atoms with van der Waals surface area (Å²) < 4.78 is 18.4. The summed E-state index contributed by atoms with van der Waals surface area (Å²) in [6.45, 7) is 1.56. The SMILES string of the molecule is COC(=O)c1ccc(C(=O)NCC2CCN(C(=O)c3ccccc3F)CC2)cc1. The van der Waals surface area contributed by atoms with Crippen molar-refractivity contribution >= 4 is 17.8 Å². The lowest BCUT2D eigenvalue weighted by atomic mass is 9.96. The van der Waals surface area contributed by atoms with Crippen molar-refractivity contribution in [2.45, 2.75) is 12.8 Å². The van der Waals surface area contributed by atoms with Crippen molar-refractivity contribution in [2.75, 3.05) is 26.7 Å². The highest BCUT2D eigenvalue weighted by Crippen LogP contribution is 2.20. The summed E-state index contributed by atoms with van der Waals surface area (Å²) in [7, 11) is 1.30. The van der Waals surface area contributed by atoms with Crippen LogP contribution in [0.5, 0.6) is 0 Å². The van der Waals surface area contributed by atoms with Crippen LogP contribution in [0.2, 0.25) is 0 Å². The molecule has 2 aromatic rings. The molecule has 3 rings (SSSR count). The molecule has 0 bridgehead atoms. The highest BCUT2D eigenvalue weighted by molar-refractivity contribution is 5.96. The molecule has 7 heteroatoms. The summed E-state index contributed by atoms with van der Waals surface area (Å²) in [4.78, 5) is 37.9. The standard InChI is InChI=1S/C22H23FN2O4/c1-29-22(28)17-8-6-16(7-9-17)20(26)24-14-15-10-12-25(13-11-15)21(27)18-4-2-3-5-19(18)23/h2-9,15H,10-14H2,1H3,(H,24,26). The Hall–Kier alpha value is -3.22. The number of carbonyl (C=O) groups is 3. The number of carbonyl (C=O) groups excluding carboxylic acids is 3. The lowest BCUT2D eigenvalue weighted by Gasteiger charge is -2.32. The molecule has 29 heavy (non-hydrogen) atoms. The van der Waals surface area contributed by atoms with Crippen LogP contribution in [0, 0.1) is 11.7 Å². The number of methoxy groups -OCH3 is 1. The highest BCUT2D eigenvalue weighted by Gasteiger charge is 2.25. The van der Waals surface area contributed by atoms with Crippen molar-refractivity contribution in [3.63, 3.8) is 0 Å². The number of nitrogens with zero attached hydrogens (tertiary/aromatic N) is 1. The minimum atomic E-state index is -0.509. The number of halogens is 1. The van der Waals surface area contributed by atoms with Crippen LogP contribution in [0.15, 0.2) is 48.5 Å². The van der Waals surface area contributed by atoms with Crippen LogP contribution in [-0.4, -0.2) is 49.4 Å². The molecule has 0 radical (unpaired) electrons. The van der Waals surface area contributed by atoms with Gasteiger partial charge in [-0.25, -0.2) is 9.18 Å². The quantitative estimate of drug-likeness (QED) is 0.786. The van der Waals surface area contributed by atoms with Gasteiger partial charge in [-0.3, -0.25) is 9.59 Å². The van der Waals surface area contributed by atoms with Gasteiger partial charge < -0.3 is 15.0 Å². The van der Waals surface area contributed by atoms with Crippen molar-refractivity contribution in [2.24, 2.45) is 5.92 Å². The summed E-state index contributed by atoms with van der Waals surface area (Å²) in [6.07, 6.45) is 1.48. The molecule has 1 heterocycles. The Morgan fingerprint density at radius 1 is 1.03 bits per heavy atom. The maximum Gasteiger partial charge on any atom is 0.337 e. The lowest BCUT2D eigenvalue weighted by Crippen LogP contribution is -2.41. The maximum absolute atomic E-state index is 13.8. The fourth-order valence-electron chi connectivity index (χ4n) is 3.36. The first-order valence-corrected chi connectivity index (χ1v) is 9.50. The molecule has 0 saturated carbocycles. The molecular formula is C22H23FN2O4. The van der Waals surface area contributed by atoms with Gasteiger partial charge >= 0.3 is 5.97 Å². The zero-order valence-corrected chi connectivity index (χ0v) is 16.2. The molecular weight excluding hydrogens is 375 g/mol. The minimum absolute atomic E-state index is 0.0923. The number of ether oxygens (including phenoxy) is 1. The third-order valence-electron chi connectivity index (χ3n) is 5.13. The molecule has 2 amide bonds. The number of esters is 1. The molecule has 1 aliphatic rings. The van der Waals surface area contributed by atoms with Gasteiger partial charge in [0.05, 0.1) is 18.2 Å². The maximum atomic E-state index is 13.8. The first-order chi connectivity index (χ1) is 14.0. The summed E-state index contributed by atoms with van der Waals surface area (Å²) in [6, 6.07) is 12.2. The van der Waals surface area contributed by atoms with Crippen molar-refractivity contribution < 1.29 is 23.5 Å². The van der Waals surface area contributed by atoms with Crippen LogP contribution in [0.1, 0.15) is 43.9 Å². The van der Waals surface area contributed by atoms with Gasteiger partial charge in [0, 0.05) is 25.2 Å². The van der Waals surface area contributed by atoms with Gasteiger partial charge in [-0.2, -0.15) is 0 Å². The van der Waals surface area contributed by atoms with E-state index in [4.69, 9.17) is 0 Å². The number of nitrogens with one attached hydrogen (secondary N) is 1. The van der Waals surface area contributed by atoms with Crippen LogP contribution in [-0.2, 0) is 4.74 Å². The van der Waals surface area contributed by atoms with E-state index < -0.39 is 11.8 Å². The van der Waals surface area contributed by atoms with E-state index in [1.54, 1.807) is 41.3 Å². The number of amides is 2. The van der Waals surface area contributed by atoms with Gasteiger partial charge in [0.1, 0.15) is 5.82 Å². The zero-order chi connectivity index (χ0) is 20.8. The third-order valence-corrected chi connectivity index (χ3v) is 5.13. The first-order valence-electron chi connectivity index (χ1n) is 9.50. The van der Waals surface area contributed by atoms with E-state index in [-0.39, 0.29) is 23.3 Å². The van der Waals surface area contributed by atoms with Crippen molar-refractivity contribution in [3.05, 3.63) is 71.0 Å². The summed E-state index contributed by atoms with van der Waals surface area (Å²) in [5.41, 5.74) is 0.940. The topological polar surface area (TPSA) is 75.7 Å². The third kappa shape index (κ3) is 4.99. The van der Waals surface area contributed by atoms with Crippen molar-refractivity contribution in [1.82, 2.24) is 10.2 Å². The Balaban J connectivity index is 1.47. The van der Waals surface area contributed by atoms with E-state index in [9.17, 15) is 18.8 Å². The molecule has 1 aliphatic heterocycles. The monoisotopic (exact) mass is 398 g/mol. The Kier molecular flexibility index (Phi) is 6.59. The Morgan fingerprint density at radius 3 is 2.28 bits per heavy atom. The van der Waals surface area contributed by atoms with Crippen LogP contribution in [0.4, 0.5) is 4.39 Å². The lowest BCUT2D eigenvalue weighted by molar-refractivity contribution is 0.0599. The molecule has 0 atom stereocenters. The molecule has 2 aromatic carbocycles. The molecule has 0 spiro atoms. The van der Waals surface area contributed by atoms with Gasteiger partial charge in [-0.1, -0.05) is 12.1 Å². The molecule has 0 aliphatic carbocycles. The fraction of sp³-hybridized carbons (Fsp3) is 0.318. The summed E-state index contributed by atoms with van der Waals surface area (Å²) in [5.74, 6) is -1.22. The van der Waals surface area contributed by atoms with E-state index in [2.05, 4.69) is 10.1 Å². The Bertz CT molecular complexity index is 890. The summed E-state index contributed by atoms with van der Waals surface area (Å²) >= 11 is 0. The van der Waals surface area contributed by atoms with E-state index in [0.717, 1.165) is 12.8 Å². The molecule has 0 aromatic heterocycles. The number of hydrogen-bond donors (Lipinski definition) is 1. The predicted molar refractivity (Wildman–Crippen MR) is 105 cm³/mol. The average Bonchev–Trinajstić information content (AvgIpc) is 2.77. The molecule has 0 unspecified atom stereocenters. The second kappa shape index (κ2) is 9.32. The number of likely N-dealkylation sites (tertiary alicyclic amines) is 1. The van der Waals surface area contributed by atoms with Crippen LogP contribution in [0.25, 0.3) is 0 Å². The average molecular weight is 398 g/mol. The van der Waals surface area contributed by atoms with Gasteiger partial charge in [0.15, 0.2) is 0 Å². The van der Waals surface area contributed by atoms with Gasteiger partial charge in [-0.05, 0) is 55.2 Å². The predicted octanol–water partition coefficient (Wildman–Crippen LogP) is 2.89. The van der Waals surface area contributed by atoms with Crippen molar-refractivity contribution in [3.8, 4) is 0 Å². The van der Waals surface area contributed by atoms with Crippen LogP contribution < -0.4 is 5.32 Å². The Labute approximate surface area is 168 Å². The zero-order valence-electron chi connectivity index (χ0n) is 16.2. The largest absolute Gasteiger partial charge is 0.465 e. The van der Waals surface area contributed by atoms with E-state index in [1.807, 2.05) is 0 Å². The summed E-state index contributed by atoms with van der Waals surface area (Å²) in [5, 5.41) is 2.90. The highest BCUT2D eigenvalue weighted by atomic mass is 19.1. The molecule has 1 fully saturated rings. The molecule has 1 N–H and O–H groups in total. The second-order valence-corrected chi connectivity index (χ2v) is 6.99. The van der Waals surface area contributed by atoms with Gasteiger partial charge in [-0.15, -0.1) is 0 Å². The second-order valence-electron chi connectivity index (χ2n) is 6.99. The van der Waals surface area contributed by atoms with E-state index in [1.165, 1.54) is 19.2 Å². The normalized spacial score (nSPS) is 14.3. The van der Waals surface area contributed by atoms with Gasteiger partial charge in [0.25, 0.3) is 11.8 Å². The van der Waals surface area contributed by atoms with Gasteiger partial charge in [0.2, 0.25) is 0 Å². The Morgan fingerprint density at radius 2 is 1.66 bits per heavy atom. The smallest absolute Gasteiger partial charge is 0.337 e. The van der Waals surface area contributed by atoms with Crippen LogP contribution in [0.3, 0.4) is 0 Å². The van der Waals surface area contributed by atoms with E-state index >= 15 is 0 Å². The minimum Gasteiger partial charge on any atom is -0.465 e. The number of piperidine rings is 1. The molecule has 1 saturated heterocycles. The van der Waals surface area contributed by atoms with Crippen LogP contribution >= 0.6 is 0 Å². The van der Waals surface area contributed by atoms with Crippen molar-refractivity contribution in [1.29, 1.82) is 0 Å². The molecule has 6 nitrogen and oxygen atoms in total. The number of hydrogen-bond acceptors (Lipinski definition) is 4. The fourth-order valence-corrected chi connectivity index (χ4v) is 3.36. The molecule has 152 valence electrons. The first kappa shape index (κ1) is 20.5. The van der Waals surface area contributed by atoms with E-state index in [0.29, 0.717) is 30.8 Å². The number of rotatable bonds is 5. The number of benzene rings is 2.